The predicted octanol–water partition coefficient (Wildman–Crippen LogP) is 1.02. The van der Waals surface area contributed by atoms with E-state index in [2.05, 4.69) is 42.8 Å². The second-order valence-corrected chi connectivity index (χ2v) is 6.63. The number of rotatable bonds is 5. The van der Waals surface area contributed by atoms with E-state index in [0.717, 1.165) is 31.7 Å². The Morgan fingerprint density at radius 2 is 1.88 bits per heavy atom. The summed E-state index contributed by atoms with van der Waals surface area (Å²) in [5, 5.41) is 0. The molecule has 2 aromatic heterocycles. The molecular weight excluding hydrogens is 316 g/mol. The van der Waals surface area contributed by atoms with Crippen molar-refractivity contribution in [3.63, 3.8) is 0 Å². The lowest BCUT2D eigenvalue weighted by Gasteiger charge is -2.37. The molecule has 8 nitrogen and oxygen atoms in total. The Hall–Kier alpha value is -2.48. The summed E-state index contributed by atoms with van der Waals surface area (Å²) in [6.45, 7) is 2.68. The van der Waals surface area contributed by atoms with Crippen LogP contribution in [0.5, 0.6) is 0 Å². The highest BCUT2D eigenvalue weighted by molar-refractivity contribution is 5.38. The zero-order chi connectivity index (χ0) is 17.8. The molecule has 1 fully saturated rings. The van der Waals surface area contributed by atoms with E-state index in [-0.39, 0.29) is 5.95 Å². The molecule has 1 saturated heterocycles. The molecule has 0 bridgehead atoms. The molecule has 0 aromatic carbocycles. The van der Waals surface area contributed by atoms with E-state index in [1.165, 1.54) is 0 Å². The van der Waals surface area contributed by atoms with Crippen LogP contribution in [-0.2, 0) is 6.54 Å². The minimum atomic E-state index is 0.270. The molecule has 1 aliphatic heterocycles. The average Bonchev–Trinajstić information content (AvgIpc) is 2.62. The monoisotopic (exact) mass is 342 g/mol. The van der Waals surface area contributed by atoms with E-state index in [1.807, 2.05) is 37.3 Å². The van der Waals surface area contributed by atoms with Gasteiger partial charge in [0.15, 0.2) is 0 Å². The van der Waals surface area contributed by atoms with Gasteiger partial charge in [-0.1, -0.05) is 6.07 Å². The number of piperidine rings is 1. The van der Waals surface area contributed by atoms with Gasteiger partial charge in [-0.05, 0) is 32.0 Å². The van der Waals surface area contributed by atoms with Crippen LogP contribution >= 0.6 is 0 Å². The molecule has 0 unspecified atom stereocenters. The first-order valence-electron chi connectivity index (χ1n) is 8.57. The van der Waals surface area contributed by atoms with Crippen molar-refractivity contribution < 1.29 is 0 Å². The van der Waals surface area contributed by atoms with Crippen LogP contribution in [0.1, 0.15) is 18.7 Å². The van der Waals surface area contributed by atoms with Crippen LogP contribution in [0.2, 0.25) is 0 Å². The predicted molar refractivity (Wildman–Crippen MR) is 99.5 cm³/mol. The van der Waals surface area contributed by atoms with Crippen LogP contribution in [0.3, 0.4) is 0 Å². The third-order valence-electron chi connectivity index (χ3n) is 4.54. The smallest absolute Gasteiger partial charge is 0.229 e. The number of aromatic nitrogens is 4. The van der Waals surface area contributed by atoms with Crippen molar-refractivity contribution in [3.8, 4) is 0 Å². The fraction of sp³-hybridized carbons (Fsp3) is 0.529. The van der Waals surface area contributed by atoms with Crippen molar-refractivity contribution in [2.24, 2.45) is 0 Å². The van der Waals surface area contributed by atoms with Crippen LogP contribution in [0, 0.1) is 0 Å². The Morgan fingerprint density at radius 1 is 1.12 bits per heavy atom. The number of nitrogens with zero attached hydrogens (tertiary/aromatic N) is 7. The molecule has 25 heavy (non-hydrogen) atoms. The lowest BCUT2D eigenvalue weighted by Crippen LogP contribution is -2.43. The maximum absolute atomic E-state index is 5.81. The molecule has 0 spiro atoms. The number of anilines is 3. The summed E-state index contributed by atoms with van der Waals surface area (Å²) in [6, 6.07) is 6.56. The summed E-state index contributed by atoms with van der Waals surface area (Å²) in [5.41, 5.74) is 5.81. The number of nitrogens with two attached hydrogens (primary N) is 1. The molecule has 8 heteroatoms. The Morgan fingerprint density at radius 3 is 2.52 bits per heavy atom. The molecule has 0 aliphatic carbocycles. The van der Waals surface area contributed by atoms with Crippen LogP contribution in [0.4, 0.5) is 17.7 Å². The largest absolute Gasteiger partial charge is 0.368 e. The Bertz CT molecular complexity index is 682. The van der Waals surface area contributed by atoms with Gasteiger partial charge in [0, 0.05) is 39.4 Å². The summed E-state index contributed by atoms with van der Waals surface area (Å²) in [6.07, 6.45) is 4.03. The van der Waals surface area contributed by atoms with Crippen LogP contribution in [-0.4, -0.2) is 65.1 Å². The van der Waals surface area contributed by atoms with Crippen molar-refractivity contribution in [1.82, 2.24) is 24.8 Å². The van der Waals surface area contributed by atoms with Gasteiger partial charge in [0.1, 0.15) is 11.6 Å². The van der Waals surface area contributed by atoms with Crippen molar-refractivity contribution >= 4 is 17.7 Å². The Labute approximate surface area is 148 Å². The summed E-state index contributed by atoms with van der Waals surface area (Å²) in [5.74, 6) is 2.64. The maximum Gasteiger partial charge on any atom is 0.229 e. The van der Waals surface area contributed by atoms with Gasteiger partial charge in [-0.3, -0.25) is 4.90 Å². The van der Waals surface area contributed by atoms with Gasteiger partial charge in [-0.2, -0.15) is 15.0 Å². The molecular formula is C17H26N8. The molecule has 0 atom stereocenters. The molecule has 2 aromatic rings. The third kappa shape index (κ3) is 4.33. The van der Waals surface area contributed by atoms with Crippen LogP contribution in [0.25, 0.3) is 0 Å². The Balaban J connectivity index is 1.59. The lowest BCUT2D eigenvalue weighted by molar-refractivity contribution is 0.196. The van der Waals surface area contributed by atoms with Crippen molar-refractivity contribution in [1.29, 1.82) is 0 Å². The molecule has 3 heterocycles. The topological polar surface area (TPSA) is 87.3 Å². The average molecular weight is 342 g/mol. The third-order valence-corrected chi connectivity index (χ3v) is 4.54. The van der Waals surface area contributed by atoms with E-state index in [9.17, 15) is 0 Å². The maximum atomic E-state index is 5.81. The highest BCUT2D eigenvalue weighted by Crippen LogP contribution is 2.21. The summed E-state index contributed by atoms with van der Waals surface area (Å²) < 4.78 is 0. The molecule has 0 radical (unpaired) electrons. The van der Waals surface area contributed by atoms with Crippen LogP contribution in [0.15, 0.2) is 24.4 Å². The van der Waals surface area contributed by atoms with E-state index in [1.54, 1.807) is 0 Å². The van der Waals surface area contributed by atoms with Crippen molar-refractivity contribution in [2.75, 3.05) is 49.8 Å². The highest BCUT2D eigenvalue weighted by Gasteiger charge is 2.24. The molecule has 1 aliphatic rings. The first-order chi connectivity index (χ1) is 12.0. The second kappa shape index (κ2) is 7.60. The van der Waals surface area contributed by atoms with Gasteiger partial charge in [0.05, 0.1) is 6.54 Å². The van der Waals surface area contributed by atoms with E-state index >= 15 is 0 Å². The lowest BCUT2D eigenvalue weighted by atomic mass is 10.0. The summed E-state index contributed by atoms with van der Waals surface area (Å²) in [7, 11) is 5.92. The second-order valence-electron chi connectivity index (χ2n) is 6.63. The fourth-order valence-electron chi connectivity index (χ4n) is 3.12. The number of pyridine rings is 1. The molecule has 2 N–H and O–H groups in total. The normalized spacial score (nSPS) is 15.6. The zero-order valence-electron chi connectivity index (χ0n) is 15.1. The molecule has 0 amide bonds. The molecule has 0 saturated carbocycles. The van der Waals surface area contributed by atoms with Gasteiger partial charge in [-0.15, -0.1) is 0 Å². The minimum Gasteiger partial charge on any atom is -0.368 e. The molecule has 134 valence electrons. The van der Waals surface area contributed by atoms with Gasteiger partial charge in [0.2, 0.25) is 11.9 Å². The highest BCUT2D eigenvalue weighted by atomic mass is 15.3. The SMILES string of the molecule is CN(C)c1nc(N)nc(CN(C)C2CCN(c3ccccn3)CC2)n1. The van der Waals surface area contributed by atoms with Crippen LogP contribution < -0.4 is 15.5 Å². The number of nitrogen functional groups attached to an aromatic ring is 1. The van der Waals surface area contributed by atoms with Crippen molar-refractivity contribution in [2.45, 2.75) is 25.4 Å². The van der Waals surface area contributed by atoms with Gasteiger partial charge in [-0.25, -0.2) is 4.98 Å². The Kier molecular flexibility index (Phi) is 5.28. The number of hydrogen-bond donors (Lipinski definition) is 1. The number of hydrogen-bond acceptors (Lipinski definition) is 8. The first kappa shape index (κ1) is 17.3. The van der Waals surface area contributed by atoms with E-state index in [0.29, 0.717) is 24.4 Å². The van der Waals surface area contributed by atoms with Gasteiger partial charge < -0.3 is 15.5 Å². The molecule has 3 rings (SSSR count). The first-order valence-corrected chi connectivity index (χ1v) is 8.57. The fourth-order valence-corrected chi connectivity index (χ4v) is 3.12. The zero-order valence-corrected chi connectivity index (χ0v) is 15.1. The minimum absolute atomic E-state index is 0.270. The summed E-state index contributed by atoms with van der Waals surface area (Å²) in [4.78, 5) is 23.9. The van der Waals surface area contributed by atoms with Gasteiger partial charge >= 0.3 is 0 Å². The van der Waals surface area contributed by atoms with E-state index in [4.69, 9.17) is 5.73 Å². The standard InChI is InChI=1S/C17H26N8/c1-23(2)17-21-14(20-16(18)22-17)12-24(3)13-7-10-25(11-8-13)15-6-4-5-9-19-15/h4-6,9,13H,7-8,10-12H2,1-3H3,(H2,18,20,21,22). The summed E-state index contributed by atoms with van der Waals surface area (Å²) >= 11 is 0. The van der Waals surface area contributed by atoms with E-state index < -0.39 is 0 Å². The quantitative estimate of drug-likeness (QED) is 0.862. The van der Waals surface area contributed by atoms with Gasteiger partial charge in [0.25, 0.3) is 0 Å². The van der Waals surface area contributed by atoms with Crippen molar-refractivity contribution in [3.05, 3.63) is 30.2 Å².